The van der Waals surface area contributed by atoms with Crippen molar-refractivity contribution in [1.82, 2.24) is 4.90 Å². The average molecular weight is 510 g/mol. The van der Waals surface area contributed by atoms with Crippen LogP contribution < -0.4 is 20.5 Å². The second kappa shape index (κ2) is 11.3. The summed E-state index contributed by atoms with van der Waals surface area (Å²) in [6, 6.07) is 14.6. The molecule has 3 rings (SSSR count). The lowest BCUT2D eigenvalue weighted by molar-refractivity contribution is 0.265. The summed E-state index contributed by atoms with van der Waals surface area (Å²) in [6.07, 6.45) is 0.881. The molecule has 0 saturated heterocycles. The number of nitrogens with one attached hydrogen (secondary N) is 1. The fraction of sp³-hybridized carbons (Fsp3) is 0.409. The largest absolute Gasteiger partial charge is 0.490 e. The Morgan fingerprint density at radius 3 is 2.52 bits per heavy atom. The quantitative estimate of drug-likeness (QED) is 0.346. The van der Waals surface area contributed by atoms with Crippen LogP contribution >= 0.6 is 24.0 Å². The summed E-state index contributed by atoms with van der Waals surface area (Å²) in [6.45, 7) is 7.14. The molecule has 0 unspecified atom stereocenters. The van der Waals surface area contributed by atoms with Gasteiger partial charge in [-0.15, -0.1) is 24.0 Å². The summed E-state index contributed by atoms with van der Waals surface area (Å²) < 4.78 is 11.4. The Kier molecular flexibility index (Phi) is 9.03. The minimum atomic E-state index is 0. The number of nitrogens with two attached hydrogens (primary N) is 1. The first-order chi connectivity index (χ1) is 13.5. The van der Waals surface area contributed by atoms with E-state index in [4.69, 9.17) is 15.2 Å². The molecule has 0 spiro atoms. The highest BCUT2D eigenvalue weighted by Crippen LogP contribution is 2.32. The van der Waals surface area contributed by atoms with Gasteiger partial charge in [-0.25, -0.2) is 4.99 Å². The summed E-state index contributed by atoms with van der Waals surface area (Å²) in [5.41, 5.74) is 9.40. The van der Waals surface area contributed by atoms with Crippen LogP contribution in [-0.4, -0.2) is 37.2 Å². The third kappa shape index (κ3) is 6.78. The van der Waals surface area contributed by atoms with Crippen molar-refractivity contribution in [1.29, 1.82) is 0 Å². The van der Waals surface area contributed by atoms with Crippen LogP contribution in [0, 0.1) is 0 Å². The number of hydrogen-bond donors (Lipinski definition) is 2. The van der Waals surface area contributed by atoms with Gasteiger partial charge in [0.2, 0.25) is 0 Å². The van der Waals surface area contributed by atoms with Gasteiger partial charge < -0.3 is 20.5 Å². The number of anilines is 1. The Bertz CT molecular complexity index is 826. The zero-order valence-corrected chi connectivity index (χ0v) is 19.7. The molecule has 0 aromatic heterocycles. The van der Waals surface area contributed by atoms with E-state index in [0.29, 0.717) is 31.8 Å². The molecule has 6 nitrogen and oxygen atoms in total. The summed E-state index contributed by atoms with van der Waals surface area (Å²) in [4.78, 5) is 6.83. The Labute approximate surface area is 190 Å². The molecule has 0 saturated carbocycles. The van der Waals surface area contributed by atoms with Gasteiger partial charge in [0.25, 0.3) is 0 Å². The lowest BCUT2D eigenvalue weighted by atomic mass is 10.1. The molecule has 158 valence electrons. The van der Waals surface area contributed by atoms with Crippen LogP contribution in [0.15, 0.2) is 47.5 Å². The van der Waals surface area contributed by atoms with Crippen molar-refractivity contribution >= 4 is 35.6 Å². The van der Waals surface area contributed by atoms with Gasteiger partial charge in [-0.2, -0.15) is 0 Å². The number of aliphatic imine (C=N–C) groups is 1. The summed E-state index contributed by atoms with van der Waals surface area (Å²) in [7, 11) is 2.13. The van der Waals surface area contributed by atoms with E-state index in [0.717, 1.165) is 30.2 Å². The summed E-state index contributed by atoms with van der Waals surface area (Å²) >= 11 is 0. The van der Waals surface area contributed by atoms with Crippen LogP contribution in [0.5, 0.6) is 11.5 Å². The van der Waals surface area contributed by atoms with Crippen LogP contribution in [0.25, 0.3) is 0 Å². The van der Waals surface area contributed by atoms with Gasteiger partial charge in [0.1, 0.15) is 0 Å². The Hall–Kier alpha value is -2.00. The highest BCUT2D eigenvalue weighted by molar-refractivity contribution is 14.0. The van der Waals surface area contributed by atoms with Gasteiger partial charge in [-0.05, 0) is 44.2 Å². The van der Waals surface area contributed by atoms with E-state index in [-0.39, 0.29) is 24.0 Å². The van der Waals surface area contributed by atoms with Crippen molar-refractivity contribution in [3.8, 4) is 11.5 Å². The van der Waals surface area contributed by atoms with E-state index < -0.39 is 0 Å². The van der Waals surface area contributed by atoms with Crippen LogP contribution in [0.3, 0.4) is 0 Å². The molecule has 1 aliphatic heterocycles. The van der Waals surface area contributed by atoms with Gasteiger partial charge in [0.15, 0.2) is 17.5 Å². The van der Waals surface area contributed by atoms with Crippen molar-refractivity contribution in [2.45, 2.75) is 39.4 Å². The molecule has 0 atom stereocenters. The van der Waals surface area contributed by atoms with E-state index in [1.54, 1.807) is 0 Å². The van der Waals surface area contributed by atoms with Gasteiger partial charge in [0.05, 0.1) is 19.8 Å². The predicted molar refractivity (Wildman–Crippen MR) is 129 cm³/mol. The van der Waals surface area contributed by atoms with E-state index in [1.165, 1.54) is 11.1 Å². The Balaban J connectivity index is 0.00000300. The van der Waals surface area contributed by atoms with Crippen molar-refractivity contribution in [3.63, 3.8) is 0 Å². The number of halogens is 1. The molecule has 2 aromatic rings. The minimum Gasteiger partial charge on any atom is -0.490 e. The van der Waals surface area contributed by atoms with Gasteiger partial charge >= 0.3 is 0 Å². The molecule has 29 heavy (non-hydrogen) atoms. The highest BCUT2D eigenvalue weighted by atomic mass is 127. The fourth-order valence-corrected chi connectivity index (χ4v) is 2.92. The average Bonchev–Trinajstić information content (AvgIpc) is 2.92. The van der Waals surface area contributed by atoms with Crippen LogP contribution in [0.1, 0.15) is 31.4 Å². The molecule has 7 heteroatoms. The number of guanidine groups is 1. The first kappa shape index (κ1) is 23.3. The Morgan fingerprint density at radius 1 is 1.10 bits per heavy atom. The van der Waals surface area contributed by atoms with Gasteiger partial charge in [-0.1, -0.05) is 24.3 Å². The standard InChI is InChI=1S/C22H30N4O2.HI/c1-16(2)26(3)15-18-8-5-4-7-17(18)14-24-22(23)25-19-9-10-20-21(13-19)28-12-6-11-27-20;/h4-5,7-10,13,16H,6,11-12,14-15H2,1-3H3,(H3,23,24,25);1H. The van der Waals surface area contributed by atoms with Crippen LogP contribution in [-0.2, 0) is 13.1 Å². The summed E-state index contributed by atoms with van der Waals surface area (Å²) in [5, 5.41) is 3.14. The molecule has 0 radical (unpaired) electrons. The number of rotatable bonds is 6. The molecule has 0 amide bonds. The van der Waals surface area contributed by atoms with Crippen LogP contribution in [0.4, 0.5) is 5.69 Å². The van der Waals surface area contributed by atoms with Gasteiger partial charge in [0, 0.05) is 30.8 Å². The first-order valence-electron chi connectivity index (χ1n) is 9.76. The fourth-order valence-electron chi connectivity index (χ4n) is 2.92. The minimum absolute atomic E-state index is 0. The smallest absolute Gasteiger partial charge is 0.193 e. The first-order valence-corrected chi connectivity index (χ1v) is 9.76. The maximum Gasteiger partial charge on any atom is 0.193 e. The maximum absolute atomic E-state index is 6.12. The lowest BCUT2D eigenvalue weighted by Gasteiger charge is -2.22. The number of ether oxygens (including phenoxy) is 2. The summed E-state index contributed by atoms with van der Waals surface area (Å²) in [5.74, 6) is 1.88. The number of nitrogens with zero attached hydrogens (tertiary/aromatic N) is 2. The third-order valence-corrected chi connectivity index (χ3v) is 4.86. The molecule has 1 heterocycles. The molecule has 0 aliphatic carbocycles. The number of benzene rings is 2. The SMILES string of the molecule is CC(C)N(C)Cc1ccccc1CN=C(N)Nc1ccc2c(c1)OCCCO2.I. The molecule has 0 fully saturated rings. The third-order valence-electron chi connectivity index (χ3n) is 4.86. The predicted octanol–water partition coefficient (Wildman–Crippen LogP) is 4.23. The monoisotopic (exact) mass is 510 g/mol. The van der Waals surface area contributed by atoms with Crippen molar-refractivity contribution in [3.05, 3.63) is 53.6 Å². The van der Waals surface area contributed by atoms with E-state index in [2.05, 4.69) is 54.3 Å². The maximum atomic E-state index is 6.12. The van der Waals surface area contributed by atoms with Gasteiger partial charge in [-0.3, -0.25) is 4.90 Å². The van der Waals surface area contributed by atoms with Crippen molar-refractivity contribution in [2.24, 2.45) is 10.7 Å². The molecule has 0 bridgehead atoms. The topological polar surface area (TPSA) is 72.1 Å². The molecule has 2 aromatic carbocycles. The van der Waals surface area contributed by atoms with Crippen molar-refractivity contribution in [2.75, 3.05) is 25.6 Å². The Morgan fingerprint density at radius 2 is 1.79 bits per heavy atom. The lowest BCUT2D eigenvalue weighted by Crippen LogP contribution is -2.26. The second-order valence-corrected chi connectivity index (χ2v) is 7.32. The molecule has 1 aliphatic rings. The zero-order valence-electron chi connectivity index (χ0n) is 17.4. The molecular formula is C22H31IN4O2. The number of hydrogen-bond acceptors (Lipinski definition) is 4. The second-order valence-electron chi connectivity index (χ2n) is 7.32. The van der Waals surface area contributed by atoms with Crippen molar-refractivity contribution < 1.29 is 9.47 Å². The van der Waals surface area contributed by atoms with Crippen LogP contribution in [0.2, 0.25) is 0 Å². The van der Waals surface area contributed by atoms with E-state index in [9.17, 15) is 0 Å². The normalized spacial score (nSPS) is 13.8. The highest BCUT2D eigenvalue weighted by Gasteiger charge is 2.11. The molecular weight excluding hydrogens is 479 g/mol. The zero-order chi connectivity index (χ0) is 19.9. The van der Waals surface area contributed by atoms with E-state index in [1.807, 2.05) is 24.3 Å². The number of fused-ring (bicyclic) bond motifs is 1. The van der Waals surface area contributed by atoms with E-state index >= 15 is 0 Å². The molecule has 3 N–H and O–H groups in total.